The minimum absolute atomic E-state index is 0.0329. The molecule has 0 spiro atoms. The highest BCUT2D eigenvalue weighted by Gasteiger charge is 2.46. The van der Waals surface area contributed by atoms with E-state index < -0.39 is 24.2 Å². The van der Waals surface area contributed by atoms with Crippen LogP contribution in [0.25, 0.3) is 0 Å². The van der Waals surface area contributed by atoms with Gasteiger partial charge in [0, 0.05) is 6.54 Å². The van der Waals surface area contributed by atoms with Gasteiger partial charge in [0.1, 0.15) is 18.8 Å². The SMILES string of the molecule is O=C(NC1(C(F)F)CCCN(C(=O)OCc2ccccc2)C1)OCc1ccccc1. The van der Waals surface area contributed by atoms with Gasteiger partial charge in [-0.1, -0.05) is 60.7 Å². The zero-order chi connectivity index (χ0) is 21.4. The lowest BCUT2D eigenvalue weighted by Crippen LogP contribution is -2.63. The van der Waals surface area contributed by atoms with Crippen molar-refractivity contribution >= 4 is 12.2 Å². The summed E-state index contributed by atoms with van der Waals surface area (Å²) < 4.78 is 38.2. The fraction of sp³-hybridized carbons (Fsp3) is 0.364. The van der Waals surface area contributed by atoms with Crippen LogP contribution in [0.15, 0.2) is 60.7 Å². The third kappa shape index (κ3) is 5.68. The van der Waals surface area contributed by atoms with Gasteiger partial charge in [0.2, 0.25) is 0 Å². The fourth-order valence-electron chi connectivity index (χ4n) is 3.35. The van der Waals surface area contributed by atoms with E-state index in [1.807, 2.05) is 24.3 Å². The van der Waals surface area contributed by atoms with Crippen molar-refractivity contribution in [3.8, 4) is 0 Å². The van der Waals surface area contributed by atoms with Gasteiger partial charge in [-0.3, -0.25) is 0 Å². The first-order valence-electron chi connectivity index (χ1n) is 9.71. The first-order chi connectivity index (χ1) is 14.5. The highest BCUT2D eigenvalue weighted by atomic mass is 19.3. The van der Waals surface area contributed by atoms with Crippen LogP contribution >= 0.6 is 0 Å². The minimum atomic E-state index is -2.87. The molecule has 2 aromatic carbocycles. The molecule has 30 heavy (non-hydrogen) atoms. The van der Waals surface area contributed by atoms with E-state index in [1.165, 1.54) is 4.90 Å². The Balaban J connectivity index is 1.57. The molecule has 0 saturated carbocycles. The quantitative estimate of drug-likeness (QED) is 0.757. The van der Waals surface area contributed by atoms with Crippen molar-refractivity contribution in [3.05, 3.63) is 71.8 Å². The number of alkyl halides is 2. The molecule has 1 aliphatic rings. The van der Waals surface area contributed by atoms with Crippen LogP contribution in [0.2, 0.25) is 0 Å². The lowest BCUT2D eigenvalue weighted by atomic mass is 9.89. The second kappa shape index (κ2) is 10.0. The van der Waals surface area contributed by atoms with E-state index in [9.17, 15) is 18.4 Å². The first kappa shape index (κ1) is 21.5. The van der Waals surface area contributed by atoms with Crippen LogP contribution in [0.3, 0.4) is 0 Å². The average Bonchev–Trinajstić information content (AvgIpc) is 2.77. The molecule has 1 unspecified atom stereocenters. The standard InChI is InChI=1S/C22H24F2N2O4/c23-19(24)22(25-20(27)29-14-17-8-3-1-4-9-17)12-7-13-26(16-22)21(28)30-15-18-10-5-2-6-11-18/h1-6,8-11,19H,7,12-16H2,(H,25,27). The summed E-state index contributed by atoms with van der Waals surface area (Å²) in [6.45, 7) is -0.0548. The second-order valence-electron chi connectivity index (χ2n) is 7.21. The molecule has 0 bridgehead atoms. The van der Waals surface area contributed by atoms with Gasteiger partial charge in [-0.05, 0) is 24.0 Å². The zero-order valence-corrected chi connectivity index (χ0v) is 16.4. The summed E-state index contributed by atoms with van der Waals surface area (Å²) in [5.74, 6) is 0. The summed E-state index contributed by atoms with van der Waals surface area (Å²) in [7, 11) is 0. The van der Waals surface area contributed by atoms with Crippen LogP contribution in [0, 0.1) is 0 Å². The molecule has 8 heteroatoms. The number of hydrogen-bond donors (Lipinski definition) is 1. The Kier molecular flexibility index (Phi) is 7.21. The largest absolute Gasteiger partial charge is 0.445 e. The van der Waals surface area contributed by atoms with Crippen molar-refractivity contribution in [1.82, 2.24) is 10.2 Å². The molecular formula is C22H24F2N2O4. The van der Waals surface area contributed by atoms with Crippen molar-refractivity contribution in [2.24, 2.45) is 0 Å². The van der Waals surface area contributed by atoms with Gasteiger partial charge < -0.3 is 19.7 Å². The summed E-state index contributed by atoms with van der Waals surface area (Å²) >= 11 is 0. The monoisotopic (exact) mass is 418 g/mol. The van der Waals surface area contributed by atoms with Crippen LogP contribution in [-0.2, 0) is 22.7 Å². The Labute approximate surface area is 173 Å². The third-order valence-electron chi connectivity index (χ3n) is 4.97. The summed E-state index contributed by atoms with van der Waals surface area (Å²) in [5, 5.41) is 2.30. The maximum absolute atomic E-state index is 13.9. The van der Waals surface area contributed by atoms with Gasteiger partial charge in [-0.15, -0.1) is 0 Å². The van der Waals surface area contributed by atoms with Crippen molar-refractivity contribution in [1.29, 1.82) is 0 Å². The van der Waals surface area contributed by atoms with Crippen molar-refractivity contribution in [3.63, 3.8) is 0 Å². The molecule has 0 aliphatic carbocycles. The van der Waals surface area contributed by atoms with E-state index in [0.717, 1.165) is 11.1 Å². The molecule has 2 aromatic rings. The molecule has 1 fully saturated rings. The number of piperidine rings is 1. The third-order valence-corrected chi connectivity index (χ3v) is 4.97. The molecule has 1 N–H and O–H groups in total. The molecule has 160 valence electrons. The number of amides is 2. The highest BCUT2D eigenvalue weighted by Crippen LogP contribution is 2.28. The van der Waals surface area contributed by atoms with Crippen LogP contribution in [0.5, 0.6) is 0 Å². The van der Waals surface area contributed by atoms with Gasteiger partial charge >= 0.3 is 12.2 Å². The number of carbonyl (C=O) groups excluding carboxylic acids is 2. The van der Waals surface area contributed by atoms with Gasteiger partial charge in [0.05, 0.1) is 6.54 Å². The number of hydrogen-bond acceptors (Lipinski definition) is 4. The van der Waals surface area contributed by atoms with Crippen molar-refractivity contribution in [2.75, 3.05) is 13.1 Å². The first-order valence-corrected chi connectivity index (χ1v) is 9.71. The topological polar surface area (TPSA) is 67.9 Å². The lowest BCUT2D eigenvalue weighted by molar-refractivity contribution is -0.0192. The summed E-state index contributed by atoms with van der Waals surface area (Å²) in [4.78, 5) is 25.8. The molecule has 0 radical (unpaired) electrons. The van der Waals surface area contributed by atoms with Crippen molar-refractivity contribution in [2.45, 2.75) is 38.0 Å². The van der Waals surface area contributed by atoms with Gasteiger partial charge in [-0.25, -0.2) is 18.4 Å². The number of alkyl carbamates (subject to hydrolysis) is 1. The zero-order valence-electron chi connectivity index (χ0n) is 16.4. The second-order valence-corrected chi connectivity index (χ2v) is 7.21. The van der Waals surface area contributed by atoms with Crippen LogP contribution in [-0.4, -0.2) is 42.1 Å². The van der Waals surface area contributed by atoms with Gasteiger partial charge in [0.15, 0.2) is 0 Å². The predicted molar refractivity (Wildman–Crippen MR) is 106 cm³/mol. The summed E-state index contributed by atoms with van der Waals surface area (Å²) in [6, 6.07) is 18.0. The molecule has 3 rings (SSSR count). The Morgan fingerprint density at radius 3 is 2.10 bits per heavy atom. The Morgan fingerprint density at radius 1 is 0.967 bits per heavy atom. The van der Waals surface area contributed by atoms with Crippen LogP contribution in [0.4, 0.5) is 18.4 Å². The Bertz CT molecular complexity index is 836. The van der Waals surface area contributed by atoms with E-state index >= 15 is 0 Å². The van der Waals surface area contributed by atoms with Gasteiger partial charge in [-0.2, -0.15) is 0 Å². The number of rotatable bonds is 6. The highest BCUT2D eigenvalue weighted by molar-refractivity contribution is 5.70. The number of carbonyl (C=O) groups is 2. The Hall–Kier alpha value is -3.16. The summed E-state index contributed by atoms with van der Waals surface area (Å²) in [6.07, 6.45) is -4.16. The lowest BCUT2D eigenvalue weighted by Gasteiger charge is -2.41. The van der Waals surface area contributed by atoms with E-state index in [0.29, 0.717) is 6.42 Å². The maximum atomic E-state index is 13.9. The predicted octanol–water partition coefficient (Wildman–Crippen LogP) is 4.35. The molecular weight excluding hydrogens is 394 g/mol. The molecule has 1 heterocycles. The molecule has 1 saturated heterocycles. The number of nitrogens with one attached hydrogen (secondary N) is 1. The molecule has 0 aromatic heterocycles. The van der Waals surface area contributed by atoms with E-state index in [2.05, 4.69) is 5.32 Å². The normalized spacial score (nSPS) is 18.7. The van der Waals surface area contributed by atoms with E-state index in [4.69, 9.17) is 9.47 Å². The fourth-order valence-corrected chi connectivity index (χ4v) is 3.35. The Morgan fingerprint density at radius 2 is 1.53 bits per heavy atom. The smallest absolute Gasteiger partial charge is 0.410 e. The number of nitrogens with zero attached hydrogens (tertiary/aromatic N) is 1. The maximum Gasteiger partial charge on any atom is 0.410 e. The average molecular weight is 418 g/mol. The molecule has 2 amide bonds. The number of halogens is 2. The number of ether oxygens (including phenoxy) is 2. The number of benzene rings is 2. The van der Waals surface area contributed by atoms with E-state index in [-0.39, 0.29) is 32.7 Å². The van der Waals surface area contributed by atoms with Crippen LogP contribution in [0.1, 0.15) is 24.0 Å². The number of likely N-dealkylation sites (tertiary alicyclic amines) is 1. The van der Waals surface area contributed by atoms with Crippen molar-refractivity contribution < 1.29 is 27.8 Å². The molecule has 1 atom stereocenters. The molecule has 1 aliphatic heterocycles. The van der Waals surface area contributed by atoms with Gasteiger partial charge in [0.25, 0.3) is 6.43 Å². The van der Waals surface area contributed by atoms with E-state index in [1.54, 1.807) is 36.4 Å². The van der Waals surface area contributed by atoms with Crippen LogP contribution < -0.4 is 5.32 Å². The molecule has 6 nitrogen and oxygen atoms in total. The minimum Gasteiger partial charge on any atom is -0.445 e. The summed E-state index contributed by atoms with van der Waals surface area (Å²) in [5.41, 5.74) is -0.336.